The van der Waals surface area contributed by atoms with Gasteiger partial charge in [0.15, 0.2) is 6.10 Å². The Hall–Kier alpha value is -2.66. The fraction of sp³-hybridized carbons (Fsp3) is 0.167. The zero-order chi connectivity index (χ0) is 22.1. The van der Waals surface area contributed by atoms with Crippen LogP contribution in [0.2, 0.25) is 10.0 Å². The van der Waals surface area contributed by atoms with Gasteiger partial charge in [-0.2, -0.15) is 13.2 Å². The molecule has 0 saturated carbocycles. The van der Waals surface area contributed by atoms with Gasteiger partial charge >= 0.3 is 6.18 Å². The van der Waals surface area contributed by atoms with Gasteiger partial charge < -0.3 is 19.9 Å². The monoisotopic (exact) mass is 461 g/mol. The Morgan fingerprint density at radius 2 is 1.87 bits per heavy atom. The summed E-state index contributed by atoms with van der Waals surface area (Å²) < 4.78 is 43.5. The van der Waals surface area contributed by atoms with Crippen LogP contribution < -0.4 is 5.32 Å². The van der Waals surface area contributed by atoms with E-state index in [0.29, 0.717) is 5.56 Å². The van der Waals surface area contributed by atoms with E-state index in [-0.39, 0.29) is 28.1 Å². The number of nitrogens with one attached hydrogen (secondary N) is 1. The fourth-order valence-electron chi connectivity index (χ4n) is 2.42. The molecule has 3 aromatic rings. The van der Waals surface area contributed by atoms with Crippen molar-refractivity contribution >= 4 is 34.8 Å². The number of aromatic nitrogens is 2. The standard InChI is InChI=1S/C18H12Cl2F3N3O4/c19-12-5-8(16-25-26-17(30-16)14(28)7-27)1-3-10(12)15(29)24-9-2-4-11(13(20)6-9)18(21,22)23/h1-6,14,27-28H,7H2,(H,24,29)/t14-/m0/s1. The molecule has 0 spiro atoms. The normalized spacial score (nSPS) is 12.6. The molecular weight excluding hydrogens is 450 g/mol. The van der Waals surface area contributed by atoms with Crippen LogP contribution in [-0.4, -0.2) is 32.9 Å². The van der Waals surface area contributed by atoms with Crippen molar-refractivity contribution in [3.05, 3.63) is 63.5 Å². The summed E-state index contributed by atoms with van der Waals surface area (Å²) in [6.07, 6.45) is -5.94. The molecule has 3 N–H and O–H groups in total. The lowest BCUT2D eigenvalue weighted by Crippen LogP contribution is -2.13. The number of aliphatic hydroxyl groups excluding tert-OH is 2. The number of amides is 1. The van der Waals surface area contributed by atoms with Gasteiger partial charge in [0.2, 0.25) is 11.8 Å². The summed E-state index contributed by atoms with van der Waals surface area (Å²) in [4.78, 5) is 12.4. The van der Waals surface area contributed by atoms with Gasteiger partial charge in [-0.15, -0.1) is 10.2 Å². The maximum absolute atomic E-state index is 12.8. The molecule has 158 valence electrons. The summed E-state index contributed by atoms with van der Waals surface area (Å²) in [7, 11) is 0. The van der Waals surface area contributed by atoms with E-state index in [0.717, 1.165) is 18.2 Å². The second kappa shape index (κ2) is 8.60. The van der Waals surface area contributed by atoms with Gasteiger partial charge in [0.1, 0.15) is 0 Å². The number of halogens is 5. The lowest BCUT2D eigenvalue weighted by Gasteiger charge is -2.12. The topological polar surface area (TPSA) is 108 Å². The number of hydrogen-bond acceptors (Lipinski definition) is 6. The number of anilines is 1. The third kappa shape index (κ3) is 4.73. The lowest BCUT2D eigenvalue weighted by molar-refractivity contribution is -0.137. The maximum atomic E-state index is 12.8. The summed E-state index contributed by atoms with van der Waals surface area (Å²) in [5.74, 6) is -0.866. The molecule has 12 heteroatoms. The first-order valence-corrected chi connectivity index (χ1v) is 8.96. The Morgan fingerprint density at radius 3 is 2.47 bits per heavy atom. The van der Waals surface area contributed by atoms with Crippen LogP contribution >= 0.6 is 23.2 Å². The first-order valence-electron chi connectivity index (χ1n) is 8.20. The van der Waals surface area contributed by atoms with Crippen molar-refractivity contribution in [3.63, 3.8) is 0 Å². The molecule has 1 atom stereocenters. The zero-order valence-corrected chi connectivity index (χ0v) is 16.3. The van der Waals surface area contributed by atoms with Gasteiger partial charge in [0.05, 0.1) is 27.8 Å². The summed E-state index contributed by atoms with van der Waals surface area (Å²) >= 11 is 11.8. The largest absolute Gasteiger partial charge is 0.418 e. The Morgan fingerprint density at radius 1 is 1.13 bits per heavy atom. The molecule has 0 saturated heterocycles. The fourth-order valence-corrected chi connectivity index (χ4v) is 2.97. The lowest BCUT2D eigenvalue weighted by atomic mass is 10.1. The van der Waals surface area contributed by atoms with Crippen molar-refractivity contribution in [1.29, 1.82) is 0 Å². The molecule has 1 aromatic heterocycles. The van der Waals surface area contributed by atoms with Crippen molar-refractivity contribution in [3.8, 4) is 11.5 Å². The number of carbonyl (C=O) groups is 1. The van der Waals surface area contributed by atoms with E-state index in [9.17, 15) is 23.1 Å². The smallest absolute Gasteiger partial charge is 0.417 e. The minimum absolute atomic E-state index is 0.000814. The highest BCUT2D eigenvalue weighted by Gasteiger charge is 2.33. The van der Waals surface area contributed by atoms with Gasteiger partial charge in [-0.25, -0.2) is 0 Å². The van der Waals surface area contributed by atoms with Crippen molar-refractivity contribution in [2.75, 3.05) is 11.9 Å². The quantitative estimate of drug-likeness (QED) is 0.521. The van der Waals surface area contributed by atoms with Crippen LogP contribution in [0.5, 0.6) is 0 Å². The predicted molar refractivity (Wildman–Crippen MR) is 101 cm³/mol. The Kier molecular flexibility index (Phi) is 6.32. The Labute approximate surface area is 177 Å². The highest BCUT2D eigenvalue weighted by molar-refractivity contribution is 6.35. The average Bonchev–Trinajstić information content (AvgIpc) is 3.16. The van der Waals surface area contributed by atoms with Crippen LogP contribution in [0.4, 0.5) is 18.9 Å². The number of nitrogens with zero attached hydrogens (tertiary/aromatic N) is 2. The molecule has 0 fully saturated rings. The number of rotatable bonds is 5. The third-order valence-electron chi connectivity index (χ3n) is 3.89. The number of aliphatic hydroxyl groups is 2. The molecular formula is C18H12Cl2F3N3O4. The van der Waals surface area contributed by atoms with Gasteiger partial charge in [-0.1, -0.05) is 23.2 Å². The van der Waals surface area contributed by atoms with E-state index in [1.165, 1.54) is 18.2 Å². The summed E-state index contributed by atoms with van der Waals surface area (Å²) in [6.45, 7) is -0.602. The van der Waals surface area contributed by atoms with Crippen LogP contribution in [0, 0.1) is 0 Å². The van der Waals surface area contributed by atoms with E-state index in [4.69, 9.17) is 32.7 Å². The van der Waals surface area contributed by atoms with Crippen LogP contribution in [0.15, 0.2) is 40.8 Å². The highest BCUT2D eigenvalue weighted by atomic mass is 35.5. The highest BCUT2D eigenvalue weighted by Crippen LogP contribution is 2.36. The number of hydrogen-bond donors (Lipinski definition) is 3. The van der Waals surface area contributed by atoms with E-state index in [1.54, 1.807) is 0 Å². The molecule has 3 rings (SSSR count). The summed E-state index contributed by atoms with van der Waals surface area (Å²) in [5, 5.41) is 27.6. The molecule has 2 aromatic carbocycles. The van der Waals surface area contributed by atoms with E-state index in [1.807, 2.05) is 0 Å². The zero-order valence-electron chi connectivity index (χ0n) is 14.7. The van der Waals surface area contributed by atoms with Gasteiger partial charge in [-0.3, -0.25) is 4.79 Å². The minimum Gasteiger partial charge on any atom is -0.418 e. The van der Waals surface area contributed by atoms with E-state index < -0.39 is 35.4 Å². The van der Waals surface area contributed by atoms with Crippen LogP contribution in [-0.2, 0) is 6.18 Å². The van der Waals surface area contributed by atoms with Gasteiger partial charge in [-0.05, 0) is 36.4 Å². The molecule has 30 heavy (non-hydrogen) atoms. The van der Waals surface area contributed by atoms with Gasteiger partial charge in [0, 0.05) is 11.3 Å². The average molecular weight is 462 g/mol. The van der Waals surface area contributed by atoms with E-state index in [2.05, 4.69) is 15.5 Å². The van der Waals surface area contributed by atoms with Crippen LogP contribution in [0.1, 0.15) is 27.9 Å². The first kappa shape index (κ1) is 22.0. The van der Waals surface area contributed by atoms with E-state index >= 15 is 0 Å². The number of alkyl halides is 3. The van der Waals surface area contributed by atoms with Crippen LogP contribution in [0.25, 0.3) is 11.5 Å². The molecule has 0 aliphatic rings. The molecule has 0 unspecified atom stereocenters. The van der Waals surface area contributed by atoms with Crippen molar-refractivity contribution in [2.24, 2.45) is 0 Å². The summed E-state index contributed by atoms with van der Waals surface area (Å²) in [5.41, 5.74) is -0.586. The minimum atomic E-state index is -4.61. The number of benzene rings is 2. The molecule has 0 bridgehead atoms. The Balaban J connectivity index is 1.79. The molecule has 0 aliphatic heterocycles. The summed E-state index contributed by atoms with van der Waals surface area (Å²) in [6, 6.07) is 6.97. The molecule has 0 radical (unpaired) electrons. The third-order valence-corrected chi connectivity index (χ3v) is 4.52. The van der Waals surface area contributed by atoms with Crippen molar-refractivity contribution < 1.29 is 32.6 Å². The second-order valence-electron chi connectivity index (χ2n) is 5.98. The first-order chi connectivity index (χ1) is 14.1. The second-order valence-corrected chi connectivity index (χ2v) is 6.80. The predicted octanol–water partition coefficient (Wildman–Crippen LogP) is 4.34. The molecule has 1 heterocycles. The molecule has 7 nitrogen and oxygen atoms in total. The van der Waals surface area contributed by atoms with Crippen LogP contribution in [0.3, 0.4) is 0 Å². The van der Waals surface area contributed by atoms with Gasteiger partial charge in [0.25, 0.3) is 5.91 Å². The Bertz CT molecular complexity index is 1090. The van der Waals surface area contributed by atoms with Crippen molar-refractivity contribution in [2.45, 2.75) is 12.3 Å². The molecule has 0 aliphatic carbocycles. The maximum Gasteiger partial charge on any atom is 0.417 e. The van der Waals surface area contributed by atoms with Crippen molar-refractivity contribution in [1.82, 2.24) is 10.2 Å². The molecule has 1 amide bonds. The number of carbonyl (C=O) groups excluding carboxylic acids is 1. The SMILES string of the molecule is O=C(Nc1ccc(C(F)(F)F)c(Cl)c1)c1ccc(-c2nnc([C@@H](O)CO)o2)cc1Cl.